The van der Waals surface area contributed by atoms with E-state index in [1.807, 2.05) is 0 Å². The number of rotatable bonds is 6. The standard InChI is InChI=1S/C14H19Cl2N5/c1-3-4-5-6-9(2)21-14(18-19-20-21)11-7-10(17)8-12(15)13(11)16/h7-9H,3-6,17H2,1-2H3. The Balaban J connectivity index is 2.32. The van der Waals surface area contributed by atoms with Crippen molar-refractivity contribution in [2.45, 2.75) is 45.6 Å². The summed E-state index contributed by atoms with van der Waals surface area (Å²) in [6.45, 7) is 4.28. The Morgan fingerprint density at radius 1 is 1.29 bits per heavy atom. The van der Waals surface area contributed by atoms with Gasteiger partial charge in [-0.1, -0.05) is 49.4 Å². The van der Waals surface area contributed by atoms with E-state index in [4.69, 9.17) is 28.9 Å². The van der Waals surface area contributed by atoms with Crippen molar-refractivity contribution in [1.29, 1.82) is 0 Å². The summed E-state index contributed by atoms with van der Waals surface area (Å²) in [5, 5.41) is 12.8. The lowest BCUT2D eigenvalue weighted by Crippen LogP contribution is -2.09. The highest BCUT2D eigenvalue weighted by molar-refractivity contribution is 6.43. The summed E-state index contributed by atoms with van der Waals surface area (Å²) in [6.07, 6.45) is 4.54. The van der Waals surface area contributed by atoms with Crippen LogP contribution in [0.5, 0.6) is 0 Å². The highest BCUT2D eigenvalue weighted by Gasteiger charge is 2.18. The van der Waals surface area contributed by atoms with Crippen molar-refractivity contribution in [2.24, 2.45) is 0 Å². The second-order valence-corrected chi connectivity index (χ2v) is 5.94. The van der Waals surface area contributed by atoms with Crippen LogP contribution in [0, 0.1) is 0 Å². The molecular weight excluding hydrogens is 309 g/mol. The first-order chi connectivity index (χ1) is 10.0. The Labute approximate surface area is 134 Å². The average molecular weight is 328 g/mol. The molecule has 0 fully saturated rings. The van der Waals surface area contributed by atoms with Crippen LogP contribution in [0.15, 0.2) is 12.1 Å². The number of nitrogens with two attached hydrogens (primary N) is 1. The number of tetrazole rings is 1. The van der Waals surface area contributed by atoms with Crippen molar-refractivity contribution in [1.82, 2.24) is 20.2 Å². The second-order valence-electron chi connectivity index (χ2n) is 5.16. The van der Waals surface area contributed by atoms with Crippen LogP contribution in [-0.4, -0.2) is 20.2 Å². The lowest BCUT2D eigenvalue weighted by molar-refractivity contribution is 0.432. The highest BCUT2D eigenvalue weighted by atomic mass is 35.5. The Hall–Kier alpha value is -1.33. The van der Waals surface area contributed by atoms with E-state index in [1.54, 1.807) is 16.8 Å². The number of unbranched alkanes of at least 4 members (excludes halogenated alkanes) is 2. The van der Waals surface area contributed by atoms with Gasteiger partial charge in [-0.2, -0.15) is 0 Å². The molecule has 2 rings (SSSR count). The number of hydrogen-bond acceptors (Lipinski definition) is 4. The van der Waals surface area contributed by atoms with Gasteiger partial charge >= 0.3 is 0 Å². The van der Waals surface area contributed by atoms with Crippen molar-refractivity contribution in [3.8, 4) is 11.4 Å². The molecule has 1 aromatic carbocycles. The van der Waals surface area contributed by atoms with E-state index in [0.717, 1.165) is 12.8 Å². The van der Waals surface area contributed by atoms with Crippen LogP contribution in [0.1, 0.15) is 45.6 Å². The number of benzene rings is 1. The maximum atomic E-state index is 6.26. The van der Waals surface area contributed by atoms with E-state index in [9.17, 15) is 0 Å². The Bertz CT molecular complexity index is 611. The first-order valence-corrected chi connectivity index (χ1v) is 7.83. The average Bonchev–Trinajstić information content (AvgIpc) is 2.92. The molecular formula is C14H19Cl2N5. The summed E-state index contributed by atoms with van der Waals surface area (Å²) in [4.78, 5) is 0. The van der Waals surface area contributed by atoms with Gasteiger partial charge in [0.15, 0.2) is 5.82 Å². The van der Waals surface area contributed by atoms with Gasteiger partial charge in [-0.05, 0) is 35.9 Å². The predicted octanol–water partition coefficient (Wildman–Crippen LogP) is 4.37. The minimum atomic E-state index is 0.192. The smallest absolute Gasteiger partial charge is 0.183 e. The van der Waals surface area contributed by atoms with Gasteiger partial charge in [0.25, 0.3) is 0 Å². The molecule has 0 saturated heterocycles. The van der Waals surface area contributed by atoms with Crippen LogP contribution in [0.4, 0.5) is 5.69 Å². The van der Waals surface area contributed by atoms with Crippen LogP contribution in [0.25, 0.3) is 11.4 Å². The molecule has 1 aromatic heterocycles. The first kappa shape index (κ1) is 16.0. The summed E-state index contributed by atoms with van der Waals surface area (Å²) in [5.41, 5.74) is 7.03. The minimum absolute atomic E-state index is 0.192. The maximum Gasteiger partial charge on any atom is 0.183 e. The number of hydrogen-bond donors (Lipinski definition) is 1. The lowest BCUT2D eigenvalue weighted by Gasteiger charge is -2.14. The Morgan fingerprint density at radius 2 is 2.05 bits per heavy atom. The van der Waals surface area contributed by atoms with Crippen LogP contribution in [0.2, 0.25) is 10.0 Å². The zero-order valence-corrected chi connectivity index (χ0v) is 13.7. The third-order valence-corrected chi connectivity index (χ3v) is 4.23. The van der Waals surface area contributed by atoms with Gasteiger partial charge < -0.3 is 5.73 Å². The molecule has 0 bridgehead atoms. The molecule has 7 heteroatoms. The molecule has 21 heavy (non-hydrogen) atoms. The number of halogens is 2. The van der Waals surface area contributed by atoms with Crippen molar-refractivity contribution in [2.75, 3.05) is 5.73 Å². The van der Waals surface area contributed by atoms with Gasteiger partial charge in [0.1, 0.15) is 0 Å². The fraction of sp³-hybridized carbons (Fsp3) is 0.500. The molecule has 0 spiro atoms. The normalized spacial score (nSPS) is 12.6. The predicted molar refractivity (Wildman–Crippen MR) is 86.5 cm³/mol. The molecule has 0 aliphatic heterocycles. The van der Waals surface area contributed by atoms with Gasteiger partial charge in [-0.3, -0.25) is 0 Å². The summed E-state index contributed by atoms with van der Waals surface area (Å²) < 4.78 is 1.78. The Morgan fingerprint density at radius 3 is 2.76 bits per heavy atom. The van der Waals surface area contributed by atoms with E-state index in [-0.39, 0.29) is 6.04 Å². The molecule has 0 saturated carbocycles. The lowest BCUT2D eigenvalue weighted by atomic mass is 10.1. The number of nitrogens with zero attached hydrogens (tertiary/aromatic N) is 4. The zero-order valence-electron chi connectivity index (χ0n) is 12.2. The molecule has 2 aromatic rings. The molecule has 114 valence electrons. The minimum Gasteiger partial charge on any atom is -0.399 e. The Kier molecular flexibility index (Phi) is 5.42. The van der Waals surface area contributed by atoms with Crippen LogP contribution < -0.4 is 5.73 Å². The van der Waals surface area contributed by atoms with Crippen LogP contribution in [0.3, 0.4) is 0 Å². The quantitative estimate of drug-likeness (QED) is 0.631. The number of anilines is 1. The number of nitrogen functional groups attached to an aromatic ring is 1. The van der Waals surface area contributed by atoms with Gasteiger partial charge in [0.2, 0.25) is 0 Å². The molecule has 0 aliphatic rings. The molecule has 2 N–H and O–H groups in total. The van der Waals surface area contributed by atoms with Gasteiger partial charge in [-0.15, -0.1) is 5.10 Å². The monoisotopic (exact) mass is 327 g/mol. The molecule has 0 radical (unpaired) electrons. The van der Waals surface area contributed by atoms with E-state index in [0.29, 0.717) is 27.1 Å². The van der Waals surface area contributed by atoms with Crippen LogP contribution in [-0.2, 0) is 0 Å². The molecule has 1 heterocycles. The van der Waals surface area contributed by atoms with Gasteiger partial charge in [-0.25, -0.2) is 4.68 Å². The summed E-state index contributed by atoms with van der Waals surface area (Å²) in [7, 11) is 0. The zero-order chi connectivity index (χ0) is 15.4. The van der Waals surface area contributed by atoms with Crippen LogP contribution >= 0.6 is 23.2 Å². The topological polar surface area (TPSA) is 69.6 Å². The second kappa shape index (κ2) is 7.09. The number of aromatic nitrogens is 4. The van der Waals surface area contributed by atoms with Crippen molar-refractivity contribution < 1.29 is 0 Å². The fourth-order valence-corrected chi connectivity index (χ4v) is 2.67. The molecule has 0 amide bonds. The molecule has 1 atom stereocenters. The van der Waals surface area contributed by atoms with Crippen molar-refractivity contribution in [3.05, 3.63) is 22.2 Å². The van der Waals surface area contributed by atoms with E-state index in [1.165, 1.54) is 12.8 Å². The van der Waals surface area contributed by atoms with Crippen molar-refractivity contribution in [3.63, 3.8) is 0 Å². The van der Waals surface area contributed by atoms with Gasteiger partial charge in [0.05, 0.1) is 16.1 Å². The van der Waals surface area contributed by atoms with Crippen molar-refractivity contribution >= 4 is 28.9 Å². The molecule has 0 aliphatic carbocycles. The van der Waals surface area contributed by atoms with E-state index in [2.05, 4.69) is 29.4 Å². The van der Waals surface area contributed by atoms with E-state index >= 15 is 0 Å². The highest BCUT2D eigenvalue weighted by Crippen LogP contribution is 2.35. The van der Waals surface area contributed by atoms with Gasteiger partial charge in [0, 0.05) is 11.3 Å². The SMILES string of the molecule is CCCCCC(C)n1nnnc1-c1cc(N)cc(Cl)c1Cl. The summed E-state index contributed by atoms with van der Waals surface area (Å²) in [6, 6.07) is 3.55. The largest absolute Gasteiger partial charge is 0.399 e. The third kappa shape index (κ3) is 3.66. The fourth-order valence-electron chi connectivity index (χ4n) is 2.25. The van der Waals surface area contributed by atoms with E-state index < -0.39 is 0 Å². The molecule has 5 nitrogen and oxygen atoms in total. The maximum absolute atomic E-state index is 6.26. The summed E-state index contributed by atoms with van der Waals surface area (Å²) >= 11 is 12.3. The molecule has 1 unspecified atom stereocenters. The summed E-state index contributed by atoms with van der Waals surface area (Å²) in [5.74, 6) is 0.596. The third-order valence-electron chi connectivity index (χ3n) is 3.43. The first-order valence-electron chi connectivity index (χ1n) is 7.07.